The van der Waals surface area contributed by atoms with Crippen molar-refractivity contribution in [3.8, 4) is 33.4 Å². The van der Waals surface area contributed by atoms with Gasteiger partial charge in [-0.3, -0.25) is 0 Å². The van der Waals surface area contributed by atoms with Crippen molar-refractivity contribution in [2.45, 2.75) is 13.8 Å². The molecule has 0 spiro atoms. The first kappa shape index (κ1) is 27.0. The van der Waals surface area contributed by atoms with E-state index in [-0.39, 0.29) is 0 Å². The van der Waals surface area contributed by atoms with Crippen LogP contribution in [-0.4, -0.2) is 0 Å². The molecule has 0 aliphatic heterocycles. The number of rotatable bonds is 7. The van der Waals surface area contributed by atoms with Crippen molar-refractivity contribution in [3.63, 3.8) is 0 Å². The van der Waals surface area contributed by atoms with Crippen molar-refractivity contribution in [3.05, 3.63) is 179 Å². The molecule has 0 radical (unpaired) electrons. The second-order valence-corrected chi connectivity index (χ2v) is 10.9. The molecule has 0 nitrogen and oxygen atoms in total. The minimum absolute atomic E-state index is 1.19. The third-order valence-corrected chi connectivity index (χ3v) is 7.68. The van der Waals surface area contributed by atoms with Crippen LogP contribution in [0.4, 0.5) is 0 Å². The lowest BCUT2D eigenvalue weighted by Crippen LogP contribution is -1.81. The Bertz CT molecular complexity index is 1660. The van der Waals surface area contributed by atoms with Crippen molar-refractivity contribution < 1.29 is 0 Å². The smallest absolute Gasteiger partial charge is 0.0184 e. The van der Waals surface area contributed by atoms with E-state index in [2.05, 4.69) is 184 Å². The van der Waals surface area contributed by atoms with Gasteiger partial charge in [0.05, 0.1) is 0 Å². The van der Waals surface area contributed by atoms with Gasteiger partial charge in [0.15, 0.2) is 0 Å². The summed E-state index contributed by atoms with van der Waals surface area (Å²) < 4.78 is 0. The van der Waals surface area contributed by atoms with Gasteiger partial charge in [0, 0.05) is 0 Å². The molecule has 0 N–H and O–H groups in total. The van der Waals surface area contributed by atoms with Crippen LogP contribution in [0.15, 0.2) is 146 Å². The van der Waals surface area contributed by atoms with Gasteiger partial charge >= 0.3 is 0 Å². The van der Waals surface area contributed by atoms with E-state index in [1.807, 2.05) is 0 Å². The Hall–Kier alpha value is -5.20. The normalized spacial score (nSPS) is 11.4. The van der Waals surface area contributed by atoms with Crippen molar-refractivity contribution in [1.29, 1.82) is 0 Å². The largest absolute Gasteiger partial charge is 0.0587 e. The summed E-state index contributed by atoms with van der Waals surface area (Å²) in [5.41, 5.74) is 14.8. The fraction of sp³-hybridized carbons (Fsp3) is 0.0476. The Morgan fingerprint density at radius 2 is 0.405 bits per heavy atom. The van der Waals surface area contributed by atoms with E-state index in [1.165, 1.54) is 66.8 Å². The minimum Gasteiger partial charge on any atom is -0.0587 e. The number of hydrogen-bond donors (Lipinski definition) is 0. The molecule has 0 unspecified atom stereocenters. The zero-order valence-corrected chi connectivity index (χ0v) is 24.2. The summed E-state index contributed by atoms with van der Waals surface area (Å²) in [6, 6.07) is 52.3. The van der Waals surface area contributed by atoms with Gasteiger partial charge in [0.25, 0.3) is 0 Å². The summed E-state index contributed by atoms with van der Waals surface area (Å²) in [6.45, 7) is 4.24. The summed E-state index contributed by atoms with van der Waals surface area (Å²) in [4.78, 5) is 0. The zero-order valence-electron chi connectivity index (χ0n) is 24.2. The highest BCUT2D eigenvalue weighted by molar-refractivity contribution is 5.76. The van der Waals surface area contributed by atoms with Crippen LogP contribution >= 0.6 is 0 Å². The van der Waals surface area contributed by atoms with E-state index in [1.54, 1.807) is 0 Å². The molecule has 0 saturated heterocycles. The molecule has 0 fully saturated rings. The van der Waals surface area contributed by atoms with E-state index >= 15 is 0 Å². The lowest BCUT2D eigenvalue weighted by atomic mass is 10.0. The third kappa shape index (κ3) is 6.74. The molecule has 0 aliphatic carbocycles. The Kier molecular flexibility index (Phi) is 8.06. The molecule has 202 valence electrons. The topological polar surface area (TPSA) is 0 Å². The van der Waals surface area contributed by atoms with Gasteiger partial charge in [-0.05, 0) is 69.5 Å². The molecule has 0 atom stereocenters. The van der Waals surface area contributed by atoms with Crippen LogP contribution in [0.3, 0.4) is 0 Å². The van der Waals surface area contributed by atoms with Crippen LogP contribution in [0.2, 0.25) is 0 Å². The SMILES string of the molecule is Cc1ccc(-c2ccc(C=Cc3ccc(-c4ccc(C=Cc5ccc(-c6ccc(C)cc6)cc5)cc4)cc3)cc2)cc1. The Morgan fingerprint density at radius 1 is 0.238 bits per heavy atom. The van der Waals surface area contributed by atoms with Crippen LogP contribution < -0.4 is 0 Å². The zero-order chi connectivity index (χ0) is 28.7. The summed E-state index contributed by atoms with van der Waals surface area (Å²) in [5.74, 6) is 0. The molecular formula is C42H34. The number of aryl methyl sites for hydroxylation is 2. The van der Waals surface area contributed by atoms with E-state index < -0.39 is 0 Å². The Morgan fingerprint density at radius 3 is 0.595 bits per heavy atom. The second-order valence-electron chi connectivity index (χ2n) is 10.9. The molecule has 42 heavy (non-hydrogen) atoms. The van der Waals surface area contributed by atoms with Crippen LogP contribution in [0.5, 0.6) is 0 Å². The predicted octanol–water partition coefficient (Wildman–Crippen LogP) is 11.6. The van der Waals surface area contributed by atoms with Crippen molar-refractivity contribution >= 4 is 24.3 Å². The molecular weight excluding hydrogens is 504 g/mol. The van der Waals surface area contributed by atoms with Crippen LogP contribution in [-0.2, 0) is 0 Å². The molecule has 6 aromatic rings. The molecule has 0 heteroatoms. The monoisotopic (exact) mass is 538 g/mol. The van der Waals surface area contributed by atoms with Gasteiger partial charge in [-0.2, -0.15) is 0 Å². The molecule has 6 aromatic carbocycles. The Labute approximate surface area is 250 Å². The number of hydrogen-bond acceptors (Lipinski definition) is 0. The maximum atomic E-state index is 2.20. The first-order valence-electron chi connectivity index (χ1n) is 14.5. The molecule has 0 amide bonds. The summed E-state index contributed by atoms with van der Waals surface area (Å²) in [5, 5.41) is 0. The maximum absolute atomic E-state index is 2.20. The van der Waals surface area contributed by atoms with E-state index in [9.17, 15) is 0 Å². The van der Waals surface area contributed by atoms with Gasteiger partial charge in [0.2, 0.25) is 0 Å². The average molecular weight is 539 g/mol. The molecule has 0 aliphatic rings. The fourth-order valence-corrected chi connectivity index (χ4v) is 5.02. The summed E-state index contributed by atoms with van der Waals surface area (Å²) in [6.07, 6.45) is 8.69. The molecule has 6 rings (SSSR count). The van der Waals surface area contributed by atoms with Gasteiger partial charge in [0.1, 0.15) is 0 Å². The standard InChI is InChI=1S/C42H34/c1-31-3-19-37(20-4-31)39-23-11-33(12-24-39)7-9-35-15-27-41(28-16-35)42-29-17-36(18-30-42)10-8-34-13-25-40(26-14-34)38-21-5-32(2)6-22-38/h3-30H,1-2H3. The highest BCUT2D eigenvalue weighted by atomic mass is 14.1. The fourth-order valence-electron chi connectivity index (χ4n) is 5.02. The summed E-state index contributed by atoms with van der Waals surface area (Å²) in [7, 11) is 0. The third-order valence-electron chi connectivity index (χ3n) is 7.68. The van der Waals surface area contributed by atoms with Gasteiger partial charge in [-0.15, -0.1) is 0 Å². The van der Waals surface area contributed by atoms with Crippen LogP contribution in [0.1, 0.15) is 33.4 Å². The predicted molar refractivity (Wildman–Crippen MR) is 183 cm³/mol. The molecule has 0 saturated carbocycles. The molecule has 0 bridgehead atoms. The molecule has 0 aromatic heterocycles. The highest BCUT2D eigenvalue weighted by Gasteiger charge is 2.00. The van der Waals surface area contributed by atoms with Gasteiger partial charge < -0.3 is 0 Å². The molecule has 0 heterocycles. The van der Waals surface area contributed by atoms with E-state index in [4.69, 9.17) is 0 Å². The van der Waals surface area contributed by atoms with Crippen LogP contribution in [0.25, 0.3) is 57.7 Å². The van der Waals surface area contributed by atoms with Gasteiger partial charge in [-0.1, -0.05) is 181 Å². The van der Waals surface area contributed by atoms with Gasteiger partial charge in [-0.25, -0.2) is 0 Å². The first-order chi connectivity index (χ1) is 20.6. The lowest BCUT2D eigenvalue weighted by Gasteiger charge is -2.05. The van der Waals surface area contributed by atoms with Crippen molar-refractivity contribution in [1.82, 2.24) is 0 Å². The average Bonchev–Trinajstić information content (AvgIpc) is 3.05. The van der Waals surface area contributed by atoms with Crippen molar-refractivity contribution in [2.75, 3.05) is 0 Å². The van der Waals surface area contributed by atoms with E-state index in [0.29, 0.717) is 0 Å². The Balaban J connectivity index is 1.06. The first-order valence-corrected chi connectivity index (χ1v) is 14.5. The second kappa shape index (κ2) is 12.5. The summed E-state index contributed by atoms with van der Waals surface area (Å²) >= 11 is 0. The van der Waals surface area contributed by atoms with Crippen LogP contribution in [0, 0.1) is 13.8 Å². The highest BCUT2D eigenvalue weighted by Crippen LogP contribution is 2.24. The lowest BCUT2D eigenvalue weighted by molar-refractivity contribution is 1.47. The van der Waals surface area contributed by atoms with E-state index in [0.717, 1.165) is 0 Å². The quantitative estimate of drug-likeness (QED) is 0.177. The van der Waals surface area contributed by atoms with Crippen molar-refractivity contribution in [2.24, 2.45) is 0 Å². The maximum Gasteiger partial charge on any atom is -0.0184 e. The minimum atomic E-state index is 1.19. The number of benzene rings is 6.